The molecule has 2 aromatic rings. The molecule has 0 aromatic heterocycles. The maximum absolute atomic E-state index is 3.98. The van der Waals surface area contributed by atoms with E-state index in [0.717, 1.165) is 5.57 Å². The molecule has 2 aromatic carbocycles. The van der Waals surface area contributed by atoms with Crippen molar-refractivity contribution in [3.8, 4) is 0 Å². The van der Waals surface area contributed by atoms with Crippen LogP contribution in [0.15, 0.2) is 49.0 Å². The van der Waals surface area contributed by atoms with E-state index in [9.17, 15) is 0 Å². The van der Waals surface area contributed by atoms with Crippen LogP contribution in [0, 0.1) is 0 Å². The average molecular weight is 246 g/mol. The van der Waals surface area contributed by atoms with E-state index in [1.807, 2.05) is 6.92 Å². The minimum atomic E-state index is 0. The van der Waals surface area contributed by atoms with E-state index in [4.69, 9.17) is 0 Å². The molecule has 0 atom stereocenters. The Hall–Kier alpha value is 1.71. The van der Waals surface area contributed by atoms with E-state index >= 15 is 0 Å². The first-order valence-electron chi connectivity index (χ1n) is 4.42. The van der Waals surface area contributed by atoms with Gasteiger partial charge in [-0.05, 0) is 23.3 Å². The van der Waals surface area contributed by atoms with Gasteiger partial charge < -0.3 is 0 Å². The average Bonchev–Trinajstić information content (AvgIpc) is 2.17. The summed E-state index contributed by atoms with van der Waals surface area (Å²) in [6, 6.07) is 14.7. The standard InChI is InChI=1S/C13H12.2K/c1-10(2)12-9-5-7-11-6-3-4-8-13(11)12;;/h3-9H,1H2,2H3;;. The summed E-state index contributed by atoms with van der Waals surface area (Å²) in [4.78, 5) is 0. The van der Waals surface area contributed by atoms with Crippen LogP contribution in [-0.2, 0) is 0 Å². The van der Waals surface area contributed by atoms with Crippen molar-refractivity contribution in [3.05, 3.63) is 54.6 Å². The Morgan fingerprint density at radius 2 is 1.53 bits per heavy atom. The van der Waals surface area contributed by atoms with Crippen molar-refractivity contribution in [2.24, 2.45) is 0 Å². The monoisotopic (exact) mass is 246 g/mol. The van der Waals surface area contributed by atoms with Crippen LogP contribution in [-0.4, -0.2) is 103 Å². The van der Waals surface area contributed by atoms with Gasteiger partial charge >= 0.3 is 0 Å². The zero-order chi connectivity index (χ0) is 9.26. The number of allylic oxidation sites excluding steroid dienone is 1. The number of benzene rings is 2. The maximum atomic E-state index is 3.98. The molecule has 0 spiro atoms. The van der Waals surface area contributed by atoms with Gasteiger partial charge in [-0.15, -0.1) is 0 Å². The number of fused-ring (bicyclic) bond motifs is 1. The quantitative estimate of drug-likeness (QED) is 0.678. The number of hydrogen-bond donors (Lipinski definition) is 0. The SMILES string of the molecule is C=C(C)c1cccc2ccccc12.[K].[K]. The van der Waals surface area contributed by atoms with Crippen LogP contribution in [0.1, 0.15) is 12.5 Å². The molecule has 66 valence electrons. The van der Waals surface area contributed by atoms with Gasteiger partial charge in [0, 0.05) is 103 Å². The van der Waals surface area contributed by atoms with Gasteiger partial charge in [0.15, 0.2) is 0 Å². The van der Waals surface area contributed by atoms with Gasteiger partial charge in [-0.25, -0.2) is 0 Å². The third-order valence-electron chi connectivity index (χ3n) is 2.25. The Morgan fingerprint density at radius 3 is 2.20 bits per heavy atom. The van der Waals surface area contributed by atoms with Crippen LogP contribution in [0.25, 0.3) is 16.3 Å². The van der Waals surface area contributed by atoms with E-state index in [1.54, 1.807) is 0 Å². The van der Waals surface area contributed by atoms with Crippen molar-refractivity contribution in [1.82, 2.24) is 0 Å². The third kappa shape index (κ3) is 4.14. The fourth-order valence-electron chi connectivity index (χ4n) is 1.60. The molecule has 2 heteroatoms. The van der Waals surface area contributed by atoms with Crippen molar-refractivity contribution in [1.29, 1.82) is 0 Å². The summed E-state index contributed by atoms with van der Waals surface area (Å²) in [5, 5.41) is 2.57. The zero-order valence-electron chi connectivity index (χ0n) is 9.75. The second-order valence-electron chi connectivity index (χ2n) is 3.31. The molecule has 2 rings (SSSR count). The van der Waals surface area contributed by atoms with Crippen molar-refractivity contribution < 1.29 is 0 Å². The Labute approximate surface area is 176 Å². The second kappa shape index (κ2) is 7.93. The minimum Gasteiger partial charge on any atom is -0.0955 e. The molecule has 2 radical (unpaired) electrons. The second-order valence-corrected chi connectivity index (χ2v) is 3.31. The summed E-state index contributed by atoms with van der Waals surface area (Å²) >= 11 is 0. The van der Waals surface area contributed by atoms with Crippen molar-refractivity contribution in [2.45, 2.75) is 6.92 Å². The number of hydrogen-bond acceptors (Lipinski definition) is 0. The molecule has 0 nitrogen and oxygen atoms in total. The Morgan fingerprint density at radius 1 is 0.933 bits per heavy atom. The summed E-state index contributed by atoms with van der Waals surface area (Å²) in [6.07, 6.45) is 0. The molecule has 0 aliphatic rings. The predicted octanol–water partition coefficient (Wildman–Crippen LogP) is 3.11. The van der Waals surface area contributed by atoms with E-state index in [2.05, 4.69) is 49.0 Å². The first-order valence-corrected chi connectivity index (χ1v) is 4.42. The molecule has 0 aliphatic heterocycles. The molecule has 0 unspecified atom stereocenters. The van der Waals surface area contributed by atoms with Crippen LogP contribution in [0.4, 0.5) is 0 Å². The molecule has 0 N–H and O–H groups in total. The fraction of sp³-hybridized carbons (Fsp3) is 0.0769. The zero-order valence-corrected chi connectivity index (χ0v) is 16.0. The van der Waals surface area contributed by atoms with E-state index in [1.165, 1.54) is 16.3 Å². The minimum absolute atomic E-state index is 0. The van der Waals surface area contributed by atoms with Crippen LogP contribution < -0.4 is 0 Å². The normalized spacial score (nSPS) is 8.87. The van der Waals surface area contributed by atoms with Gasteiger partial charge in [0.25, 0.3) is 0 Å². The van der Waals surface area contributed by atoms with Gasteiger partial charge in [-0.1, -0.05) is 54.6 Å². The summed E-state index contributed by atoms with van der Waals surface area (Å²) in [5.41, 5.74) is 2.37. The third-order valence-corrected chi connectivity index (χ3v) is 2.25. The summed E-state index contributed by atoms with van der Waals surface area (Å²) in [5.74, 6) is 0. The van der Waals surface area contributed by atoms with E-state index in [0.29, 0.717) is 0 Å². The topological polar surface area (TPSA) is 0 Å². The van der Waals surface area contributed by atoms with Crippen LogP contribution >= 0.6 is 0 Å². The van der Waals surface area contributed by atoms with Crippen LogP contribution in [0.5, 0.6) is 0 Å². The Bertz CT molecular complexity index is 456. The van der Waals surface area contributed by atoms with Gasteiger partial charge in [0.05, 0.1) is 0 Å². The smallest absolute Gasteiger partial charge is 0 e. The molecule has 0 fully saturated rings. The van der Waals surface area contributed by atoms with Crippen LogP contribution in [0.3, 0.4) is 0 Å². The van der Waals surface area contributed by atoms with Crippen molar-refractivity contribution >= 4 is 119 Å². The Kier molecular flexibility index (Phi) is 8.83. The molecule has 0 aliphatic carbocycles. The summed E-state index contributed by atoms with van der Waals surface area (Å²) in [7, 11) is 0. The van der Waals surface area contributed by atoms with E-state index in [-0.39, 0.29) is 103 Å². The van der Waals surface area contributed by atoms with Crippen molar-refractivity contribution in [2.75, 3.05) is 0 Å². The fourth-order valence-corrected chi connectivity index (χ4v) is 1.60. The molecule has 0 amide bonds. The van der Waals surface area contributed by atoms with Crippen LogP contribution in [0.2, 0.25) is 0 Å². The molecule has 0 saturated heterocycles. The van der Waals surface area contributed by atoms with Gasteiger partial charge in [0.1, 0.15) is 0 Å². The first kappa shape index (κ1) is 16.7. The molecule has 0 bridgehead atoms. The van der Waals surface area contributed by atoms with Gasteiger partial charge in [0.2, 0.25) is 0 Å². The van der Waals surface area contributed by atoms with E-state index < -0.39 is 0 Å². The Balaban J connectivity index is 0.000000980. The summed E-state index contributed by atoms with van der Waals surface area (Å²) < 4.78 is 0. The van der Waals surface area contributed by atoms with Gasteiger partial charge in [-0.2, -0.15) is 0 Å². The first-order chi connectivity index (χ1) is 6.29. The molecule has 0 saturated carbocycles. The molecular weight excluding hydrogens is 234 g/mol. The molecular formula is C13H12K2. The predicted molar refractivity (Wildman–Crippen MR) is 70.2 cm³/mol. The van der Waals surface area contributed by atoms with Crippen molar-refractivity contribution in [3.63, 3.8) is 0 Å². The molecule has 0 heterocycles. The molecule has 15 heavy (non-hydrogen) atoms. The largest absolute Gasteiger partial charge is 0.0955 e. The maximum Gasteiger partial charge on any atom is 0 e. The number of rotatable bonds is 1. The summed E-state index contributed by atoms with van der Waals surface area (Å²) in [6.45, 7) is 6.02. The van der Waals surface area contributed by atoms with Gasteiger partial charge in [-0.3, -0.25) is 0 Å².